The van der Waals surface area contributed by atoms with Gasteiger partial charge in [-0.2, -0.15) is 0 Å². The van der Waals surface area contributed by atoms with Crippen LogP contribution < -0.4 is 9.47 Å². The second-order valence-electron chi connectivity index (χ2n) is 5.51. The van der Waals surface area contributed by atoms with Crippen LogP contribution in [0.3, 0.4) is 0 Å². The van der Waals surface area contributed by atoms with Crippen LogP contribution in [0.25, 0.3) is 0 Å². The van der Waals surface area contributed by atoms with Crippen molar-refractivity contribution < 1.29 is 23.4 Å². The number of esters is 1. The lowest BCUT2D eigenvalue weighted by Crippen LogP contribution is -2.03. The minimum Gasteiger partial charge on any atom is -0.489 e. The summed E-state index contributed by atoms with van der Waals surface area (Å²) < 4.78 is 29.3. The molecule has 0 unspecified atom stereocenters. The maximum Gasteiger partial charge on any atom is 0.338 e. The number of hydrogen-bond donors (Lipinski definition) is 0. The Morgan fingerprint density at radius 1 is 0.885 bits per heavy atom. The van der Waals surface area contributed by atoms with Crippen molar-refractivity contribution in [3.8, 4) is 17.2 Å². The highest BCUT2D eigenvalue weighted by molar-refractivity contribution is 5.90. The van der Waals surface area contributed by atoms with E-state index in [1.165, 1.54) is 31.4 Å². The maximum absolute atomic E-state index is 13.0. The molecule has 5 heteroatoms. The molecular weight excluding hydrogens is 335 g/mol. The molecule has 0 bridgehead atoms. The van der Waals surface area contributed by atoms with Gasteiger partial charge in [0.05, 0.1) is 12.7 Å². The fourth-order valence-electron chi connectivity index (χ4n) is 2.33. The Hall–Kier alpha value is -3.34. The topological polar surface area (TPSA) is 44.8 Å². The molecule has 0 fully saturated rings. The SMILES string of the molecule is COC(=O)c1cc(OCc2ccccc2)cc(Oc2ccc(F)cc2)c1. The van der Waals surface area contributed by atoms with Gasteiger partial charge in [-0.3, -0.25) is 0 Å². The summed E-state index contributed by atoms with van der Waals surface area (Å²) in [6, 6.07) is 20.1. The molecule has 0 N–H and O–H groups in total. The lowest BCUT2D eigenvalue weighted by molar-refractivity contribution is 0.0600. The monoisotopic (exact) mass is 352 g/mol. The molecule has 4 nitrogen and oxygen atoms in total. The summed E-state index contributed by atoms with van der Waals surface area (Å²) in [6.45, 7) is 0.349. The molecule has 26 heavy (non-hydrogen) atoms. The molecule has 0 radical (unpaired) electrons. The molecule has 0 aliphatic heterocycles. The second kappa shape index (κ2) is 8.16. The first-order chi connectivity index (χ1) is 12.6. The number of hydrogen-bond acceptors (Lipinski definition) is 4. The van der Waals surface area contributed by atoms with Gasteiger partial charge in [-0.15, -0.1) is 0 Å². The molecule has 0 spiro atoms. The van der Waals surface area contributed by atoms with Gasteiger partial charge in [-0.05, 0) is 42.0 Å². The first kappa shape index (κ1) is 17.5. The number of benzene rings is 3. The fraction of sp³-hybridized carbons (Fsp3) is 0.0952. The minimum absolute atomic E-state index is 0.301. The van der Waals surface area contributed by atoms with E-state index in [2.05, 4.69) is 0 Å². The normalized spacial score (nSPS) is 10.2. The maximum atomic E-state index is 13.0. The third-order valence-corrected chi connectivity index (χ3v) is 3.60. The summed E-state index contributed by atoms with van der Waals surface area (Å²) in [5, 5.41) is 0. The predicted molar refractivity (Wildman–Crippen MR) is 95.0 cm³/mol. The van der Waals surface area contributed by atoms with Crippen molar-refractivity contribution in [3.05, 3.63) is 89.7 Å². The van der Waals surface area contributed by atoms with Crippen LogP contribution in [0, 0.1) is 5.82 Å². The second-order valence-corrected chi connectivity index (χ2v) is 5.51. The predicted octanol–water partition coefficient (Wildman–Crippen LogP) is 4.98. The molecule has 0 amide bonds. The Bertz CT molecular complexity index is 876. The first-order valence-corrected chi connectivity index (χ1v) is 7.97. The van der Waals surface area contributed by atoms with E-state index >= 15 is 0 Å². The fourth-order valence-corrected chi connectivity index (χ4v) is 2.33. The van der Waals surface area contributed by atoms with E-state index in [0.29, 0.717) is 29.4 Å². The number of methoxy groups -OCH3 is 1. The van der Waals surface area contributed by atoms with Crippen LogP contribution in [0.4, 0.5) is 4.39 Å². The molecule has 0 aromatic heterocycles. The average molecular weight is 352 g/mol. The van der Waals surface area contributed by atoms with Crippen LogP contribution in [0.5, 0.6) is 17.2 Å². The van der Waals surface area contributed by atoms with Gasteiger partial charge in [0.1, 0.15) is 29.7 Å². The summed E-state index contributed by atoms with van der Waals surface area (Å²) in [5.41, 5.74) is 1.30. The van der Waals surface area contributed by atoms with Crippen molar-refractivity contribution >= 4 is 5.97 Å². The first-order valence-electron chi connectivity index (χ1n) is 7.97. The Morgan fingerprint density at radius 2 is 1.58 bits per heavy atom. The number of halogens is 1. The zero-order valence-corrected chi connectivity index (χ0v) is 14.1. The molecular formula is C21H17FO4. The molecule has 0 saturated heterocycles. The summed E-state index contributed by atoms with van der Waals surface area (Å²) in [4.78, 5) is 11.9. The van der Waals surface area contributed by atoms with Gasteiger partial charge < -0.3 is 14.2 Å². The third-order valence-electron chi connectivity index (χ3n) is 3.60. The van der Waals surface area contributed by atoms with Crippen molar-refractivity contribution in [2.75, 3.05) is 7.11 Å². The van der Waals surface area contributed by atoms with E-state index in [9.17, 15) is 9.18 Å². The van der Waals surface area contributed by atoms with Crippen LogP contribution in [-0.2, 0) is 11.3 Å². The number of rotatable bonds is 6. The van der Waals surface area contributed by atoms with E-state index in [-0.39, 0.29) is 5.82 Å². The molecule has 0 atom stereocenters. The highest BCUT2D eigenvalue weighted by atomic mass is 19.1. The van der Waals surface area contributed by atoms with Crippen molar-refractivity contribution in [2.45, 2.75) is 6.61 Å². The molecule has 132 valence electrons. The molecule has 3 rings (SSSR count). The Morgan fingerprint density at radius 3 is 2.27 bits per heavy atom. The van der Waals surface area contributed by atoms with E-state index in [1.54, 1.807) is 18.2 Å². The van der Waals surface area contributed by atoms with Gasteiger partial charge in [0, 0.05) is 6.07 Å². The van der Waals surface area contributed by atoms with Gasteiger partial charge in [0.25, 0.3) is 0 Å². The molecule has 0 aliphatic rings. The summed E-state index contributed by atoms with van der Waals surface area (Å²) >= 11 is 0. The summed E-state index contributed by atoms with van der Waals surface area (Å²) in [6.07, 6.45) is 0. The van der Waals surface area contributed by atoms with Gasteiger partial charge in [-0.1, -0.05) is 30.3 Å². The lowest BCUT2D eigenvalue weighted by Gasteiger charge is -2.12. The molecule has 3 aromatic carbocycles. The van der Waals surface area contributed by atoms with E-state index < -0.39 is 5.97 Å². The largest absolute Gasteiger partial charge is 0.489 e. The molecule has 0 saturated carbocycles. The Kier molecular flexibility index (Phi) is 5.49. The smallest absolute Gasteiger partial charge is 0.338 e. The highest BCUT2D eigenvalue weighted by Crippen LogP contribution is 2.28. The van der Waals surface area contributed by atoms with E-state index in [0.717, 1.165) is 5.56 Å². The van der Waals surface area contributed by atoms with Crippen molar-refractivity contribution in [1.29, 1.82) is 0 Å². The van der Waals surface area contributed by atoms with Crippen LogP contribution in [0.1, 0.15) is 15.9 Å². The zero-order chi connectivity index (χ0) is 18.4. The van der Waals surface area contributed by atoms with Crippen LogP contribution >= 0.6 is 0 Å². The molecule has 0 aliphatic carbocycles. The lowest BCUT2D eigenvalue weighted by atomic mass is 10.2. The van der Waals surface area contributed by atoms with Crippen LogP contribution in [0.15, 0.2) is 72.8 Å². The summed E-state index contributed by atoms with van der Waals surface area (Å²) in [5.74, 6) is 0.450. The molecule has 0 heterocycles. The highest BCUT2D eigenvalue weighted by Gasteiger charge is 2.11. The third kappa shape index (κ3) is 4.60. The average Bonchev–Trinajstić information content (AvgIpc) is 2.68. The Balaban J connectivity index is 1.83. The van der Waals surface area contributed by atoms with Gasteiger partial charge >= 0.3 is 5.97 Å². The van der Waals surface area contributed by atoms with Crippen LogP contribution in [0.2, 0.25) is 0 Å². The van der Waals surface area contributed by atoms with Crippen molar-refractivity contribution in [3.63, 3.8) is 0 Å². The summed E-state index contributed by atoms with van der Waals surface area (Å²) in [7, 11) is 1.31. The van der Waals surface area contributed by atoms with Gasteiger partial charge in [0.2, 0.25) is 0 Å². The number of carbonyl (C=O) groups is 1. The van der Waals surface area contributed by atoms with Gasteiger partial charge in [-0.25, -0.2) is 9.18 Å². The van der Waals surface area contributed by atoms with Crippen molar-refractivity contribution in [1.82, 2.24) is 0 Å². The van der Waals surface area contributed by atoms with Gasteiger partial charge in [0.15, 0.2) is 0 Å². The minimum atomic E-state index is -0.501. The van der Waals surface area contributed by atoms with Crippen molar-refractivity contribution in [2.24, 2.45) is 0 Å². The van der Waals surface area contributed by atoms with E-state index in [4.69, 9.17) is 14.2 Å². The number of ether oxygens (including phenoxy) is 3. The number of carbonyl (C=O) groups excluding carboxylic acids is 1. The van der Waals surface area contributed by atoms with E-state index in [1.807, 2.05) is 30.3 Å². The Labute approximate surface area is 150 Å². The van der Waals surface area contributed by atoms with Crippen LogP contribution in [-0.4, -0.2) is 13.1 Å². The molecule has 3 aromatic rings. The zero-order valence-electron chi connectivity index (χ0n) is 14.1. The quantitative estimate of drug-likeness (QED) is 0.587. The standard InChI is InChI=1S/C21H17FO4/c1-24-21(23)16-11-19(25-14-15-5-3-2-4-6-15)13-20(12-16)26-18-9-7-17(22)8-10-18/h2-13H,14H2,1H3.